The molecule has 1 saturated carbocycles. The van der Waals surface area contributed by atoms with E-state index in [1.165, 1.54) is 12.8 Å². The van der Waals surface area contributed by atoms with Gasteiger partial charge in [-0.15, -0.1) is 0 Å². The number of likely N-dealkylation sites (tertiary alicyclic amines) is 1. The van der Waals surface area contributed by atoms with Crippen molar-refractivity contribution in [1.82, 2.24) is 4.90 Å². The highest BCUT2D eigenvalue weighted by atomic mass is 15.3. The van der Waals surface area contributed by atoms with Gasteiger partial charge in [0.25, 0.3) is 0 Å². The van der Waals surface area contributed by atoms with Crippen LogP contribution in [0.15, 0.2) is 0 Å². The predicted molar refractivity (Wildman–Crippen MR) is 75.1 cm³/mol. The molecule has 0 amide bonds. The molecular weight excluding hydrogens is 206 g/mol. The van der Waals surface area contributed by atoms with Crippen molar-refractivity contribution in [3.8, 4) is 0 Å². The third kappa shape index (κ3) is 1.69. The summed E-state index contributed by atoms with van der Waals surface area (Å²) in [6.07, 6.45) is 2.68. The van der Waals surface area contributed by atoms with Crippen LogP contribution in [0.2, 0.25) is 0 Å². The van der Waals surface area contributed by atoms with Crippen molar-refractivity contribution < 1.29 is 0 Å². The zero-order valence-electron chi connectivity index (χ0n) is 13.1. The molecule has 17 heavy (non-hydrogen) atoms. The zero-order valence-corrected chi connectivity index (χ0v) is 13.1. The smallest absolute Gasteiger partial charge is 0.0224 e. The SMILES string of the molecule is CC1CC(C)(C)N(C)C2(C)CC(C)(C)C2C1C. The Balaban J connectivity index is 2.42. The van der Waals surface area contributed by atoms with Gasteiger partial charge in [-0.3, -0.25) is 4.90 Å². The molecule has 1 nitrogen and oxygen atoms in total. The lowest BCUT2D eigenvalue weighted by Gasteiger charge is -2.66. The Morgan fingerprint density at radius 2 is 1.53 bits per heavy atom. The largest absolute Gasteiger partial charge is 0.296 e. The quantitative estimate of drug-likeness (QED) is 0.611. The average molecular weight is 237 g/mol. The van der Waals surface area contributed by atoms with Gasteiger partial charge < -0.3 is 0 Å². The minimum atomic E-state index is 0.341. The van der Waals surface area contributed by atoms with Gasteiger partial charge in [-0.05, 0) is 63.8 Å². The lowest BCUT2D eigenvalue weighted by molar-refractivity contribution is -0.156. The maximum atomic E-state index is 2.69. The molecule has 1 heterocycles. The molecule has 0 radical (unpaired) electrons. The summed E-state index contributed by atoms with van der Waals surface area (Å²) >= 11 is 0. The molecular formula is C16H31N. The summed E-state index contributed by atoms with van der Waals surface area (Å²) in [5, 5.41) is 0. The Morgan fingerprint density at radius 3 is 2.00 bits per heavy atom. The molecule has 1 aliphatic heterocycles. The summed E-state index contributed by atoms with van der Waals surface area (Å²) in [5.41, 5.74) is 1.28. The summed E-state index contributed by atoms with van der Waals surface area (Å²) in [7, 11) is 2.35. The van der Waals surface area contributed by atoms with Gasteiger partial charge in [0.1, 0.15) is 0 Å². The summed E-state index contributed by atoms with van der Waals surface area (Å²) in [6.45, 7) is 17.2. The number of nitrogens with zero attached hydrogens (tertiary/aromatic N) is 1. The first kappa shape index (κ1) is 13.4. The summed E-state index contributed by atoms with van der Waals surface area (Å²) < 4.78 is 0. The standard InChI is InChI=1S/C16H31N/c1-11-9-15(5,6)17(8)16(7)10-14(3,4)13(16)12(11)2/h11-13H,9-10H2,1-8H3. The zero-order chi connectivity index (χ0) is 13.2. The molecule has 100 valence electrons. The normalized spacial score (nSPS) is 49.1. The number of fused-ring (bicyclic) bond motifs is 1. The van der Waals surface area contributed by atoms with E-state index in [2.05, 4.69) is 60.4 Å². The maximum Gasteiger partial charge on any atom is 0.0224 e. The van der Waals surface area contributed by atoms with Gasteiger partial charge >= 0.3 is 0 Å². The molecule has 0 aromatic rings. The lowest BCUT2D eigenvalue weighted by Crippen LogP contribution is -2.69. The Kier molecular flexibility index (Phi) is 2.75. The van der Waals surface area contributed by atoms with Crippen LogP contribution in [0, 0.1) is 23.2 Å². The fourth-order valence-corrected chi connectivity index (χ4v) is 5.59. The van der Waals surface area contributed by atoms with Gasteiger partial charge in [-0.2, -0.15) is 0 Å². The third-order valence-corrected chi connectivity index (χ3v) is 6.24. The molecule has 0 N–H and O–H groups in total. The van der Waals surface area contributed by atoms with Crippen molar-refractivity contribution >= 4 is 0 Å². The van der Waals surface area contributed by atoms with Crippen LogP contribution in [0.25, 0.3) is 0 Å². The van der Waals surface area contributed by atoms with Crippen molar-refractivity contribution in [3.05, 3.63) is 0 Å². The molecule has 4 atom stereocenters. The van der Waals surface area contributed by atoms with E-state index in [-0.39, 0.29) is 0 Å². The van der Waals surface area contributed by atoms with E-state index in [1.54, 1.807) is 0 Å². The molecule has 0 aromatic heterocycles. The maximum absolute atomic E-state index is 2.69. The molecule has 1 saturated heterocycles. The minimum Gasteiger partial charge on any atom is -0.296 e. The van der Waals surface area contributed by atoms with Crippen LogP contribution in [-0.2, 0) is 0 Å². The fraction of sp³-hybridized carbons (Fsp3) is 1.00. The van der Waals surface area contributed by atoms with E-state index in [9.17, 15) is 0 Å². The first-order chi connectivity index (χ1) is 7.52. The van der Waals surface area contributed by atoms with Crippen LogP contribution >= 0.6 is 0 Å². The molecule has 2 rings (SSSR count). The van der Waals surface area contributed by atoms with Crippen molar-refractivity contribution in [2.75, 3.05) is 7.05 Å². The third-order valence-electron chi connectivity index (χ3n) is 6.24. The summed E-state index contributed by atoms with van der Waals surface area (Å²) in [5.74, 6) is 2.52. The van der Waals surface area contributed by atoms with Gasteiger partial charge in [-0.1, -0.05) is 27.7 Å². The van der Waals surface area contributed by atoms with Crippen LogP contribution in [0.5, 0.6) is 0 Å². The first-order valence-corrected chi connectivity index (χ1v) is 7.26. The molecule has 4 unspecified atom stereocenters. The van der Waals surface area contributed by atoms with Crippen LogP contribution in [0.3, 0.4) is 0 Å². The van der Waals surface area contributed by atoms with E-state index in [0.29, 0.717) is 16.5 Å². The second-order valence-corrected chi connectivity index (χ2v) is 8.41. The molecule has 0 bridgehead atoms. The molecule has 2 aliphatic rings. The highest BCUT2D eigenvalue weighted by molar-refractivity contribution is 5.16. The van der Waals surface area contributed by atoms with Gasteiger partial charge in [-0.25, -0.2) is 0 Å². The van der Waals surface area contributed by atoms with Crippen LogP contribution in [0.4, 0.5) is 0 Å². The van der Waals surface area contributed by atoms with Crippen LogP contribution in [-0.4, -0.2) is 23.0 Å². The van der Waals surface area contributed by atoms with Crippen molar-refractivity contribution in [2.24, 2.45) is 23.2 Å². The summed E-state index contributed by atoms with van der Waals surface area (Å²) in [4.78, 5) is 2.69. The van der Waals surface area contributed by atoms with E-state index in [4.69, 9.17) is 0 Å². The van der Waals surface area contributed by atoms with Gasteiger partial charge in [0.2, 0.25) is 0 Å². The molecule has 1 aliphatic carbocycles. The van der Waals surface area contributed by atoms with Gasteiger partial charge in [0.05, 0.1) is 0 Å². The van der Waals surface area contributed by atoms with Gasteiger partial charge in [0.15, 0.2) is 0 Å². The van der Waals surface area contributed by atoms with E-state index in [1.807, 2.05) is 0 Å². The van der Waals surface area contributed by atoms with E-state index in [0.717, 1.165) is 17.8 Å². The van der Waals surface area contributed by atoms with E-state index >= 15 is 0 Å². The Morgan fingerprint density at radius 1 is 1.00 bits per heavy atom. The molecule has 0 aromatic carbocycles. The van der Waals surface area contributed by atoms with Crippen molar-refractivity contribution in [3.63, 3.8) is 0 Å². The first-order valence-electron chi connectivity index (χ1n) is 7.26. The van der Waals surface area contributed by atoms with Gasteiger partial charge in [0, 0.05) is 11.1 Å². The second kappa shape index (κ2) is 3.50. The average Bonchev–Trinajstić information content (AvgIpc) is 2.15. The minimum absolute atomic E-state index is 0.341. The Bertz CT molecular complexity index is 317. The number of hydrogen-bond donors (Lipinski definition) is 0. The summed E-state index contributed by atoms with van der Waals surface area (Å²) in [6, 6.07) is 0. The number of rotatable bonds is 0. The van der Waals surface area contributed by atoms with Crippen LogP contribution in [0.1, 0.15) is 61.3 Å². The van der Waals surface area contributed by atoms with Crippen molar-refractivity contribution in [1.29, 1.82) is 0 Å². The topological polar surface area (TPSA) is 3.24 Å². The Hall–Kier alpha value is -0.0400. The number of hydrogen-bond acceptors (Lipinski definition) is 1. The van der Waals surface area contributed by atoms with Crippen molar-refractivity contribution in [2.45, 2.75) is 72.4 Å². The molecule has 2 fully saturated rings. The Labute approximate surface area is 108 Å². The molecule has 0 spiro atoms. The van der Waals surface area contributed by atoms with E-state index < -0.39 is 0 Å². The predicted octanol–water partition coefficient (Wildman–Crippen LogP) is 4.18. The lowest BCUT2D eigenvalue weighted by atomic mass is 9.47. The fourth-order valence-electron chi connectivity index (χ4n) is 5.59. The van der Waals surface area contributed by atoms with Crippen LogP contribution < -0.4 is 0 Å². The monoisotopic (exact) mass is 237 g/mol. The molecule has 1 heteroatoms. The highest BCUT2D eigenvalue weighted by Crippen LogP contribution is 2.63. The second-order valence-electron chi connectivity index (χ2n) is 8.41. The highest BCUT2D eigenvalue weighted by Gasteiger charge is 2.63.